The van der Waals surface area contributed by atoms with Crippen LogP contribution in [-0.2, 0) is 11.8 Å². The Bertz CT molecular complexity index is 407. The lowest BCUT2D eigenvalue weighted by Crippen LogP contribution is -2.26. The Morgan fingerprint density at radius 2 is 2.21 bits per heavy atom. The molecular formula is C15H25N3O. The molecule has 1 aromatic heterocycles. The number of nitrogens with zero attached hydrogens (tertiary/aromatic N) is 2. The molecule has 1 heterocycles. The highest BCUT2D eigenvalue weighted by atomic mass is 16.1. The minimum Gasteiger partial charge on any atom is -0.349 e. The molecule has 0 bridgehead atoms. The molecular weight excluding hydrogens is 238 g/mol. The number of hydrogen-bond donors (Lipinski definition) is 1. The molecule has 1 aliphatic rings. The van der Waals surface area contributed by atoms with Gasteiger partial charge in [-0.25, -0.2) is 0 Å². The molecule has 0 aromatic carbocycles. The number of nitrogens with one attached hydrogen (secondary N) is 1. The van der Waals surface area contributed by atoms with Crippen molar-refractivity contribution in [3.63, 3.8) is 0 Å². The molecule has 0 spiro atoms. The lowest BCUT2D eigenvalue weighted by molar-refractivity contribution is -0.122. The average molecular weight is 263 g/mol. The monoisotopic (exact) mass is 263 g/mol. The van der Waals surface area contributed by atoms with Gasteiger partial charge in [-0.2, -0.15) is 5.10 Å². The highest BCUT2D eigenvalue weighted by molar-refractivity contribution is 5.76. The van der Waals surface area contributed by atoms with E-state index in [-0.39, 0.29) is 11.9 Å². The van der Waals surface area contributed by atoms with E-state index in [4.69, 9.17) is 0 Å². The second kappa shape index (κ2) is 6.73. The Kier molecular flexibility index (Phi) is 5.00. The van der Waals surface area contributed by atoms with E-state index in [1.54, 1.807) is 4.68 Å². The lowest BCUT2D eigenvalue weighted by Gasteiger charge is -2.21. The molecule has 1 aromatic rings. The van der Waals surface area contributed by atoms with Gasteiger partial charge in [-0.15, -0.1) is 0 Å². The number of carbonyl (C=O) groups is 1. The van der Waals surface area contributed by atoms with E-state index in [1.165, 1.54) is 32.1 Å². The van der Waals surface area contributed by atoms with Crippen LogP contribution in [0.2, 0.25) is 0 Å². The van der Waals surface area contributed by atoms with Crippen LogP contribution in [0.15, 0.2) is 12.4 Å². The van der Waals surface area contributed by atoms with E-state index in [0.29, 0.717) is 6.42 Å². The molecule has 19 heavy (non-hydrogen) atoms. The van der Waals surface area contributed by atoms with Gasteiger partial charge in [0.15, 0.2) is 0 Å². The number of aryl methyl sites for hydroxylation is 1. The quantitative estimate of drug-likeness (QED) is 0.887. The van der Waals surface area contributed by atoms with Gasteiger partial charge < -0.3 is 5.32 Å². The molecule has 2 rings (SSSR count). The largest absolute Gasteiger partial charge is 0.349 e. The zero-order chi connectivity index (χ0) is 13.7. The molecule has 0 aliphatic heterocycles. The smallest absolute Gasteiger partial charge is 0.220 e. The first-order chi connectivity index (χ1) is 9.15. The lowest BCUT2D eigenvalue weighted by atomic mass is 9.86. The fourth-order valence-electron chi connectivity index (χ4n) is 2.87. The molecule has 4 nitrogen and oxygen atoms in total. The maximum atomic E-state index is 11.9. The molecule has 1 fully saturated rings. The van der Waals surface area contributed by atoms with E-state index >= 15 is 0 Å². The summed E-state index contributed by atoms with van der Waals surface area (Å²) >= 11 is 0. The van der Waals surface area contributed by atoms with Crippen LogP contribution in [0.1, 0.15) is 63.5 Å². The van der Waals surface area contributed by atoms with Crippen LogP contribution in [0.5, 0.6) is 0 Å². The van der Waals surface area contributed by atoms with Gasteiger partial charge in [-0.3, -0.25) is 9.48 Å². The number of hydrogen-bond acceptors (Lipinski definition) is 2. The van der Waals surface area contributed by atoms with Crippen LogP contribution in [0.4, 0.5) is 0 Å². The number of rotatable bonds is 5. The topological polar surface area (TPSA) is 46.9 Å². The summed E-state index contributed by atoms with van der Waals surface area (Å²) in [7, 11) is 1.89. The first-order valence-electron chi connectivity index (χ1n) is 7.43. The van der Waals surface area contributed by atoms with E-state index < -0.39 is 0 Å². The van der Waals surface area contributed by atoms with Crippen molar-refractivity contribution in [2.24, 2.45) is 13.0 Å². The highest BCUT2D eigenvalue weighted by Gasteiger charge is 2.16. The zero-order valence-electron chi connectivity index (χ0n) is 12.1. The van der Waals surface area contributed by atoms with Gasteiger partial charge >= 0.3 is 0 Å². The van der Waals surface area contributed by atoms with E-state index in [2.05, 4.69) is 10.4 Å². The predicted molar refractivity (Wildman–Crippen MR) is 75.6 cm³/mol. The standard InChI is InChI=1S/C15H25N3O/c1-12(14-10-16-18(2)11-14)17-15(19)9-8-13-6-4-3-5-7-13/h10-13H,3-9H2,1-2H3,(H,17,19). The molecule has 1 amide bonds. The van der Waals surface area contributed by atoms with Crippen molar-refractivity contribution in [1.82, 2.24) is 15.1 Å². The first-order valence-corrected chi connectivity index (χ1v) is 7.43. The summed E-state index contributed by atoms with van der Waals surface area (Å²) in [5.74, 6) is 0.940. The number of aromatic nitrogens is 2. The number of amides is 1. The normalized spacial score (nSPS) is 18.2. The van der Waals surface area contributed by atoms with Crippen LogP contribution in [0.25, 0.3) is 0 Å². The molecule has 1 N–H and O–H groups in total. The number of carbonyl (C=O) groups excluding carboxylic acids is 1. The molecule has 1 unspecified atom stereocenters. The zero-order valence-corrected chi connectivity index (χ0v) is 12.1. The average Bonchev–Trinajstić information content (AvgIpc) is 2.84. The summed E-state index contributed by atoms with van der Waals surface area (Å²) in [6.07, 6.45) is 12.2. The minimum absolute atomic E-state index is 0.0487. The summed E-state index contributed by atoms with van der Waals surface area (Å²) in [6, 6.07) is 0.0487. The summed E-state index contributed by atoms with van der Waals surface area (Å²) in [4.78, 5) is 11.9. The molecule has 1 aliphatic carbocycles. The first kappa shape index (κ1) is 14.1. The summed E-state index contributed by atoms with van der Waals surface area (Å²) in [5, 5.41) is 7.19. The van der Waals surface area contributed by atoms with Crippen molar-refractivity contribution in [3.05, 3.63) is 18.0 Å². The molecule has 0 radical (unpaired) electrons. The summed E-state index contributed by atoms with van der Waals surface area (Å²) in [5.41, 5.74) is 1.06. The van der Waals surface area contributed by atoms with Crippen LogP contribution < -0.4 is 5.32 Å². The van der Waals surface area contributed by atoms with Gasteiger partial charge in [0.1, 0.15) is 0 Å². The molecule has 0 saturated heterocycles. The SMILES string of the molecule is CC(NC(=O)CCC1CCCCC1)c1cnn(C)c1. The van der Waals surface area contributed by atoms with Crippen molar-refractivity contribution >= 4 is 5.91 Å². The summed E-state index contributed by atoms with van der Waals surface area (Å²) in [6.45, 7) is 2.01. The Labute approximate surface area is 115 Å². The van der Waals surface area contributed by atoms with Gasteiger partial charge in [0, 0.05) is 25.2 Å². The van der Waals surface area contributed by atoms with Crippen molar-refractivity contribution < 1.29 is 4.79 Å². The van der Waals surface area contributed by atoms with Gasteiger partial charge in [0.25, 0.3) is 0 Å². The third-order valence-electron chi connectivity index (χ3n) is 4.11. The van der Waals surface area contributed by atoms with E-state index in [9.17, 15) is 4.79 Å². The second-order valence-electron chi connectivity index (χ2n) is 5.78. The third-order valence-corrected chi connectivity index (χ3v) is 4.11. The third kappa shape index (κ3) is 4.37. The van der Waals surface area contributed by atoms with E-state index in [0.717, 1.165) is 17.9 Å². The van der Waals surface area contributed by atoms with Crippen molar-refractivity contribution in [2.75, 3.05) is 0 Å². The minimum atomic E-state index is 0.0487. The predicted octanol–water partition coefficient (Wildman–Crippen LogP) is 2.96. The molecule has 106 valence electrons. The molecule has 1 atom stereocenters. The van der Waals surface area contributed by atoms with Gasteiger partial charge in [-0.1, -0.05) is 32.1 Å². The fourth-order valence-corrected chi connectivity index (χ4v) is 2.87. The Morgan fingerprint density at radius 1 is 1.47 bits per heavy atom. The Hall–Kier alpha value is -1.32. The van der Waals surface area contributed by atoms with Gasteiger partial charge in [0.05, 0.1) is 12.2 Å². The van der Waals surface area contributed by atoms with Gasteiger partial charge in [0.2, 0.25) is 5.91 Å². The van der Waals surface area contributed by atoms with Crippen LogP contribution in [-0.4, -0.2) is 15.7 Å². The van der Waals surface area contributed by atoms with E-state index in [1.807, 2.05) is 26.4 Å². The Balaban J connectivity index is 1.71. The Morgan fingerprint density at radius 3 is 2.84 bits per heavy atom. The van der Waals surface area contributed by atoms with Gasteiger partial charge in [-0.05, 0) is 19.3 Å². The van der Waals surface area contributed by atoms with Crippen LogP contribution in [0, 0.1) is 5.92 Å². The highest BCUT2D eigenvalue weighted by Crippen LogP contribution is 2.27. The van der Waals surface area contributed by atoms with Crippen molar-refractivity contribution in [1.29, 1.82) is 0 Å². The molecule has 4 heteroatoms. The van der Waals surface area contributed by atoms with Crippen LogP contribution >= 0.6 is 0 Å². The maximum absolute atomic E-state index is 11.9. The van der Waals surface area contributed by atoms with Crippen molar-refractivity contribution in [2.45, 2.75) is 57.9 Å². The fraction of sp³-hybridized carbons (Fsp3) is 0.733. The van der Waals surface area contributed by atoms with Crippen LogP contribution in [0.3, 0.4) is 0 Å². The maximum Gasteiger partial charge on any atom is 0.220 e. The second-order valence-corrected chi connectivity index (χ2v) is 5.78. The molecule has 1 saturated carbocycles. The van der Waals surface area contributed by atoms with Crippen molar-refractivity contribution in [3.8, 4) is 0 Å². The summed E-state index contributed by atoms with van der Waals surface area (Å²) < 4.78 is 1.76.